The number of carbonyl (C=O) groups excluding carboxylic acids is 4. The van der Waals surface area contributed by atoms with Crippen molar-refractivity contribution in [2.45, 2.75) is 83.0 Å². The molecule has 266 valence electrons. The van der Waals surface area contributed by atoms with Crippen molar-refractivity contribution in [3.63, 3.8) is 0 Å². The van der Waals surface area contributed by atoms with Crippen molar-refractivity contribution in [1.29, 1.82) is 0 Å². The summed E-state index contributed by atoms with van der Waals surface area (Å²) in [5.74, 6) is -0.519. The number of nitrogens with one attached hydrogen (secondary N) is 2. The fourth-order valence-electron chi connectivity index (χ4n) is 6.82. The van der Waals surface area contributed by atoms with Gasteiger partial charge in [-0.1, -0.05) is 19.9 Å². The molecule has 2 aliphatic heterocycles. The standard InChI is InChI=1S/C36H48N4O9/c1-7-23-18-36(23,34(43)47-8-2)37-19-24-15-25-20-40(24)32(41)31(21(3)4)39-35(44)48-13-11-9-10-12-22-14-26-27(16-29(22)45-5)38-28(33(42)46-6)17-30(26)49-25/h7,14,16-17,21,23-25,31,37H,1,8-13,15,18-20H2,2-6H3,(H,39,44)/t23-,24-,25+,31-,36+/m0/s1. The number of carbonyl (C=O) groups is 4. The van der Waals surface area contributed by atoms with E-state index >= 15 is 0 Å². The molecule has 3 heterocycles. The van der Waals surface area contributed by atoms with Crippen molar-refractivity contribution in [3.05, 3.63) is 42.1 Å². The topological polar surface area (TPSA) is 155 Å². The third kappa shape index (κ3) is 7.76. The maximum Gasteiger partial charge on any atom is 0.407 e. The Labute approximate surface area is 287 Å². The first-order chi connectivity index (χ1) is 23.5. The van der Waals surface area contributed by atoms with E-state index in [-0.39, 0.29) is 55.7 Å². The summed E-state index contributed by atoms with van der Waals surface area (Å²) >= 11 is 0. The molecule has 2 fully saturated rings. The minimum Gasteiger partial charge on any atom is -0.496 e. The Morgan fingerprint density at radius 3 is 2.67 bits per heavy atom. The van der Waals surface area contributed by atoms with Crippen molar-refractivity contribution >= 4 is 34.8 Å². The summed E-state index contributed by atoms with van der Waals surface area (Å²) < 4.78 is 28.2. The van der Waals surface area contributed by atoms with Crippen LogP contribution in [-0.2, 0) is 30.2 Å². The summed E-state index contributed by atoms with van der Waals surface area (Å²) in [5.41, 5.74) is 0.620. The molecule has 5 rings (SSSR count). The summed E-state index contributed by atoms with van der Waals surface area (Å²) in [6.45, 7) is 10.3. The monoisotopic (exact) mass is 680 g/mol. The van der Waals surface area contributed by atoms with Crippen molar-refractivity contribution in [2.75, 3.05) is 40.5 Å². The zero-order valence-electron chi connectivity index (χ0n) is 29.0. The maximum atomic E-state index is 14.3. The second-order valence-corrected chi connectivity index (χ2v) is 13.2. The van der Waals surface area contributed by atoms with E-state index in [4.69, 9.17) is 23.7 Å². The molecule has 3 aliphatic rings. The van der Waals surface area contributed by atoms with Crippen LogP contribution in [0.3, 0.4) is 0 Å². The van der Waals surface area contributed by atoms with Crippen molar-refractivity contribution in [3.8, 4) is 11.5 Å². The predicted octanol–water partition coefficient (Wildman–Crippen LogP) is 3.95. The smallest absolute Gasteiger partial charge is 0.407 e. The van der Waals surface area contributed by atoms with Gasteiger partial charge in [0.25, 0.3) is 0 Å². The van der Waals surface area contributed by atoms with Gasteiger partial charge in [0.2, 0.25) is 5.91 Å². The molecule has 1 aromatic heterocycles. The highest BCUT2D eigenvalue weighted by molar-refractivity contribution is 5.95. The van der Waals surface area contributed by atoms with Crippen molar-refractivity contribution in [2.24, 2.45) is 11.8 Å². The van der Waals surface area contributed by atoms with Crippen LogP contribution in [0.15, 0.2) is 30.9 Å². The Bertz CT molecular complexity index is 1580. The molecule has 1 saturated carbocycles. The number of hydrogen-bond acceptors (Lipinski definition) is 11. The van der Waals surface area contributed by atoms with Gasteiger partial charge in [0.15, 0.2) is 5.69 Å². The quantitative estimate of drug-likeness (QED) is 0.225. The minimum absolute atomic E-state index is 0.0780. The van der Waals surface area contributed by atoms with Gasteiger partial charge in [0, 0.05) is 42.4 Å². The number of methoxy groups -OCH3 is 2. The first-order valence-electron chi connectivity index (χ1n) is 17.1. The highest BCUT2D eigenvalue weighted by Crippen LogP contribution is 2.45. The zero-order chi connectivity index (χ0) is 35.3. The SMILES string of the molecule is C=C[C@H]1C[C@]1(NC[C@@H]1C[C@@H]2CN1C(=O)[C@H](C(C)C)NC(=O)OCCCCCc1cc3c(cc(C(=O)OC)nc3cc1OC)O2)C(=O)OCC. The number of aromatic nitrogens is 1. The molecule has 1 aliphatic carbocycles. The Hall–Kier alpha value is -4.39. The van der Waals surface area contributed by atoms with Gasteiger partial charge in [-0.2, -0.15) is 0 Å². The van der Waals surface area contributed by atoms with Gasteiger partial charge in [-0.3, -0.25) is 14.9 Å². The molecule has 0 spiro atoms. The Balaban J connectivity index is 1.53. The van der Waals surface area contributed by atoms with E-state index in [1.54, 1.807) is 37.1 Å². The Morgan fingerprint density at radius 1 is 1.20 bits per heavy atom. The first-order valence-corrected chi connectivity index (χ1v) is 17.1. The molecule has 2 amide bonds. The number of esters is 2. The van der Waals surface area contributed by atoms with Gasteiger partial charge in [-0.05, 0) is 56.6 Å². The molecule has 1 aromatic carbocycles. The molecule has 5 atom stereocenters. The molecule has 0 unspecified atom stereocenters. The minimum atomic E-state index is -0.913. The predicted molar refractivity (Wildman–Crippen MR) is 181 cm³/mol. The highest BCUT2D eigenvalue weighted by atomic mass is 16.6. The van der Waals surface area contributed by atoms with Crippen LogP contribution < -0.4 is 20.1 Å². The van der Waals surface area contributed by atoms with Gasteiger partial charge in [0.05, 0.1) is 39.5 Å². The van der Waals surface area contributed by atoms with Crippen molar-refractivity contribution < 1.29 is 42.9 Å². The number of fused-ring (bicyclic) bond motifs is 3. The first kappa shape index (κ1) is 35.9. The van der Waals surface area contributed by atoms with Crippen LogP contribution in [-0.4, -0.2) is 98.1 Å². The third-order valence-corrected chi connectivity index (χ3v) is 9.64. The second-order valence-electron chi connectivity index (χ2n) is 13.2. The van der Waals surface area contributed by atoms with E-state index in [9.17, 15) is 19.2 Å². The molecule has 13 nitrogen and oxygen atoms in total. The number of cyclic esters (lactones) is 1. The molecule has 1 saturated heterocycles. The fourth-order valence-corrected chi connectivity index (χ4v) is 6.82. The normalized spacial score (nSPS) is 25.9. The van der Waals surface area contributed by atoms with E-state index in [1.165, 1.54) is 7.11 Å². The molecule has 2 aromatic rings. The molecular weight excluding hydrogens is 632 g/mol. The lowest BCUT2D eigenvalue weighted by Gasteiger charge is -2.31. The van der Waals surface area contributed by atoms with Crippen LogP contribution in [0.1, 0.15) is 68.9 Å². The summed E-state index contributed by atoms with van der Waals surface area (Å²) in [4.78, 5) is 59.1. The van der Waals surface area contributed by atoms with Gasteiger partial charge >= 0.3 is 18.0 Å². The summed E-state index contributed by atoms with van der Waals surface area (Å²) in [5, 5.41) is 6.90. The van der Waals surface area contributed by atoms with Gasteiger partial charge in [-0.25, -0.2) is 14.6 Å². The average Bonchev–Trinajstić information content (AvgIpc) is 3.68. The zero-order valence-corrected chi connectivity index (χ0v) is 29.0. The van der Waals surface area contributed by atoms with E-state index in [0.29, 0.717) is 48.1 Å². The van der Waals surface area contributed by atoms with Gasteiger partial charge in [0.1, 0.15) is 29.2 Å². The Morgan fingerprint density at radius 2 is 2.00 bits per heavy atom. The van der Waals surface area contributed by atoms with Gasteiger partial charge < -0.3 is 33.9 Å². The lowest BCUT2D eigenvalue weighted by atomic mass is 10.0. The second kappa shape index (κ2) is 15.4. The number of pyridine rings is 1. The third-order valence-electron chi connectivity index (χ3n) is 9.64. The molecule has 2 N–H and O–H groups in total. The van der Waals surface area contributed by atoms with Crippen LogP contribution in [0.25, 0.3) is 10.9 Å². The highest BCUT2D eigenvalue weighted by Gasteiger charge is 2.60. The number of hydrogen-bond donors (Lipinski definition) is 2. The van der Waals surface area contributed by atoms with E-state index < -0.39 is 35.8 Å². The van der Waals surface area contributed by atoms with Gasteiger partial charge in [-0.15, -0.1) is 6.58 Å². The lowest BCUT2D eigenvalue weighted by Crippen LogP contribution is -2.55. The summed E-state index contributed by atoms with van der Waals surface area (Å²) in [7, 11) is 2.88. The van der Waals surface area contributed by atoms with Crippen LogP contribution in [0.5, 0.6) is 11.5 Å². The number of rotatable bonds is 9. The largest absolute Gasteiger partial charge is 0.496 e. The van der Waals surface area contributed by atoms with E-state index in [2.05, 4.69) is 22.2 Å². The number of benzene rings is 1. The average molecular weight is 681 g/mol. The summed E-state index contributed by atoms with van der Waals surface area (Å²) in [6, 6.07) is 4.09. The van der Waals surface area contributed by atoms with E-state index in [1.807, 2.05) is 19.9 Å². The van der Waals surface area contributed by atoms with Crippen LogP contribution in [0, 0.1) is 11.8 Å². The van der Waals surface area contributed by atoms with E-state index in [0.717, 1.165) is 18.4 Å². The summed E-state index contributed by atoms with van der Waals surface area (Å²) in [6.07, 6.45) is 4.52. The van der Waals surface area contributed by atoms with Crippen LogP contribution in [0.4, 0.5) is 4.79 Å². The number of alkyl carbamates (subject to hydrolysis) is 1. The number of nitrogens with zero attached hydrogens (tertiary/aromatic N) is 2. The number of ether oxygens (including phenoxy) is 5. The molecular formula is C36H48N4O9. The molecule has 13 heteroatoms. The van der Waals surface area contributed by atoms with Crippen LogP contribution in [0.2, 0.25) is 0 Å². The Kier molecular flexibility index (Phi) is 11.3. The fraction of sp³-hybridized carbons (Fsp3) is 0.583. The lowest BCUT2D eigenvalue weighted by molar-refractivity contribution is -0.147. The molecule has 49 heavy (non-hydrogen) atoms. The number of amides is 2. The maximum absolute atomic E-state index is 14.3. The number of aryl methyl sites for hydroxylation is 1. The molecule has 4 bridgehead atoms. The van der Waals surface area contributed by atoms with Crippen LogP contribution >= 0.6 is 0 Å². The van der Waals surface area contributed by atoms with Crippen molar-refractivity contribution in [1.82, 2.24) is 20.5 Å². The molecule has 0 radical (unpaired) electrons.